The van der Waals surface area contributed by atoms with E-state index in [4.69, 9.17) is 4.74 Å². The lowest BCUT2D eigenvalue weighted by molar-refractivity contribution is 0.487. The molecule has 0 amide bonds. The second-order valence-electron chi connectivity index (χ2n) is 12.4. The first kappa shape index (κ1) is 25.4. The van der Waals surface area contributed by atoms with E-state index in [1.165, 1.54) is 71.6 Å². The van der Waals surface area contributed by atoms with Crippen molar-refractivity contribution in [2.45, 2.75) is 5.41 Å². The Bertz CT molecular complexity index is 2500. The highest BCUT2D eigenvalue weighted by Gasteiger charge is 2.47. The Morgan fingerprint density at radius 1 is 0.391 bits per heavy atom. The van der Waals surface area contributed by atoms with Crippen molar-refractivity contribution in [1.29, 1.82) is 0 Å². The Morgan fingerprint density at radius 3 is 1.98 bits per heavy atom. The van der Waals surface area contributed by atoms with Crippen LogP contribution in [0.5, 0.6) is 11.5 Å². The zero-order valence-corrected chi connectivity index (χ0v) is 25.1. The van der Waals surface area contributed by atoms with Gasteiger partial charge < -0.3 is 4.74 Å². The molecule has 214 valence electrons. The highest BCUT2D eigenvalue weighted by molar-refractivity contribution is 6.05. The zero-order valence-electron chi connectivity index (χ0n) is 25.1. The minimum atomic E-state index is -0.480. The smallest absolute Gasteiger partial charge is 0.135 e. The molecule has 0 N–H and O–H groups in total. The van der Waals surface area contributed by atoms with Crippen molar-refractivity contribution in [2.75, 3.05) is 0 Å². The fourth-order valence-electron chi connectivity index (χ4n) is 8.30. The summed E-state index contributed by atoms with van der Waals surface area (Å²) in [5.41, 5.74) is 12.1. The summed E-state index contributed by atoms with van der Waals surface area (Å²) >= 11 is 0. The van der Waals surface area contributed by atoms with Gasteiger partial charge in [0.1, 0.15) is 11.5 Å². The maximum atomic E-state index is 6.48. The molecule has 0 spiro atoms. The fourth-order valence-corrected chi connectivity index (χ4v) is 8.30. The molecule has 1 unspecified atom stereocenters. The van der Waals surface area contributed by atoms with E-state index < -0.39 is 5.41 Å². The largest absolute Gasteiger partial charge is 0.456 e. The third-order valence-electron chi connectivity index (χ3n) is 10.1. The minimum Gasteiger partial charge on any atom is -0.456 e. The molecule has 1 nitrogen and oxygen atoms in total. The van der Waals surface area contributed by atoms with E-state index in [1.807, 2.05) is 0 Å². The van der Waals surface area contributed by atoms with Gasteiger partial charge in [-0.05, 0) is 84.4 Å². The van der Waals surface area contributed by atoms with Crippen molar-refractivity contribution in [3.8, 4) is 44.9 Å². The molecule has 1 heterocycles. The standard InChI is InChI=1S/C45H28O/c1-2-16-32(17-3-1)45(38-23-9-13-29-12-4-5-18-33(29)38)39-22-7-6-19-36(39)44-34(20-11-24-40(44)45)31-26-27-41-37(28-31)35-21-8-14-30-15-10-25-42(46-41)43(30)35/h1-28H. The SMILES string of the molecule is c1ccc(C2(c3cccc4ccccc34)c3ccccc3-c3c(-c4ccc5c(c4)-c4cccc6cccc(c46)O5)cccc32)cc1. The van der Waals surface area contributed by atoms with Crippen LogP contribution in [0.15, 0.2) is 170 Å². The molecule has 8 aromatic carbocycles. The number of ether oxygens (including phenoxy) is 1. The van der Waals surface area contributed by atoms with Gasteiger partial charge in [-0.2, -0.15) is 0 Å². The van der Waals surface area contributed by atoms with Crippen LogP contribution in [0.1, 0.15) is 22.3 Å². The van der Waals surface area contributed by atoms with Crippen LogP contribution in [0.3, 0.4) is 0 Å². The molecule has 0 saturated heterocycles. The first-order valence-electron chi connectivity index (χ1n) is 15.9. The monoisotopic (exact) mass is 584 g/mol. The normalized spacial score (nSPS) is 15.7. The average Bonchev–Trinajstić information content (AvgIpc) is 3.43. The second kappa shape index (κ2) is 9.54. The van der Waals surface area contributed by atoms with Gasteiger partial charge in [0.25, 0.3) is 0 Å². The molecule has 10 rings (SSSR count). The van der Waals surface area contributed by atoms with Crippen LogP contribution in [0, 0.1) is 0 Å². The second-order valence-corrected chi connectivity index (χ2v) is 12.4. The molecule has 46 heavy (non-hydrogen) atoms. The van der Waals surface area contributed by atoms with Crippen molar-refractivity contribution < 1.29 is 4.74 Å². The van der Waals surface area contributed by atoms with Gasteiger partial charge in [0.2, 0.25) is 0 Å². The maximum absolute atomic E-state index is 6.48. The zero-order chi connectivity index (χ0) is 30.2. The molecule has 0 saturated carbocycles. The van der Waals surface area contributed by atoms with Gasteiger partial charge in [-0.3, -0.25) is 0 Å². The summed E-state index contributed by atoms with van der Waals surface area (Å²) in [6.45, 7) is 0. The molecule has 0 aromatic heterocycles. The lowest BCUT2D eigenvalue weighted by atomic mass is 9.66. The van der Waals surface area contributed by atoms with Gasteiger partial charge >= 0.3 is 0 Å². The minimum absolute atomic E-state index is 0.480. The van der Waals surface area contributed by atoms with Crippen LogP contribution in [-0.4, -0.2) is 0 Å². The summed E-state index contributed by atoms with van der Waals surface area (Å²) in [6, 6.07) is 62.1. The van der Waals surface area contributed by atoms with Crippen molar-refractivity contribution >= 4 is 21.5 Å². The maximum Gasteiger partial charge on any atom is 0.135 e. The highest BCUT2D eigenvalue weighted by Crippen LogP contribution is 2.59. The van der Waals surface area contributed by atoms with Crippen LogP contribution < -0.4 is 4.74 Å². The summed E-state index contributed by atoms with van der Waals surface area (Å²) in [6.07, 6.45) is 0. The van der Waals surface area contributed by atoms with E-state index in [-0.39, 0.29) is 0 Å². The summed E-state index contributed by atoms with van der Waals surface area (Å²) in [7, 11) is 0. The lowest BCUT2D eigenvalue weighted by Crippen LogP contribution is -2.28. The van der Waals surface area contributed by atoms with E-state index in [0.29, 0.717) is 0 Å². The van der Waals surface area contributed by atoms with Crippen LogP contribution in [0.2, 0.25) is 0 Å². The van der Waals surface area contributed by atoms with Crippen LogP contribution in [-0.2, 0) is 5.41 Å². The Balaban J connectivity index is 1.29. The Kier molecular flexibility index (Phi) is 5.27. The Morgan fingerprint density at radius 2 is 1.04 bits per heavy atom. The molecule has 1 aliphatic heterocycles. The topological polar surface area (TPSA) is 9.23 Å². The van der Waals surface area contributed by atoms with E-state index in [2.05, 4.69) is 170 Å². The third-order valence-corrected chi connectivity index (χ3v) is 10.1. The molecule has 1 atom stereocenters. The van der Waals surface area contributed by atoms with Crippen LogP contribution in [0.25, 0.3) is 54.9 Å². The molecule has 0 radical (unpaired) electrons. The predicted molar refractivity (Wildman–Crippen MR) is 190 cm³/mol. The lowest BCUT2D eigenvalue weighted by Gasteiger charge is -2.35. The molecule has 1 heteroatoms. The summed E-state index contributed by atoms with van der Waals surface area (Å²) in [5.74, 6) is 1.82. The molecule has 0 bridgehead atoms. The molecule has 0 fully saturated rings. The molecule has 2 aliphatic rings. The van der Waals surface area contributed by atoms with Gasteiger partial charge in [0.05, 0.1) is 5.41 Å². The molecular weight excluding hydrogens is 556 g/mol. The van der Waals surface area contributed by atoms with Gasteiger partial charge in [0.15, 0.2) is 0 Å². The number of rotatable bonds is 3. The Labute approximate surface area is 268 Å². The van der Waals surface area contributed by atoms with Crippen LogP contribution >= 0.6 is 0 Å². The van der Waals surface area contributed by atoms with Crippen molar-refractivity contribution in [1.82, 2.24) is 0 Å². The van der Waals surface area contributed by atoms with Crippen LogP contribution in [0.4, 0.5) is 0 Å². The fraction of sp³-hybridized carbons (Fsp3) is 0.0222. The number of hydrogen-bond acceptors (Lipinski definition) is 1. The van der Waals surface area contributed by atoms with Crippen molar-refractivity contribution in [3.63, 3.8) is 0 Å². The summed E-state index contributed by atoms with van der Waals surface area (Å²) < 4.78 is 6.48. The highest BCUT2D eigenvalue weighted by atomic mass is 16.5. The predicted octanol–water partition coefficient (Wildman–Crippen LogP) is 11.8. The van der Waals surface area contributed by atoms with Gasteiger partial charge in [-0.15, -0.1) is 0 Å². The van der Waals surface area contributed by atoms with E-state index in [0.717, 1.165) is 17.1 Å². The first-order valence-corrected chi connectivity index (χ1v) is 15.9. The van der Waals surface area contributed by atoms with E-state index in [1.54, 1.807) is 0 Å². The third kappa shape index (κ3) is 3.35. The van der Waals surface area contributed by atoms with Gasteiger partial charge in [0, 0.05) is 10.9 Å². The number of benzene rings is 8. The van der Waals surface area contributed by atoms with Gasteiger partial charge in [-0.1, -0.05) is 152 Å². The molecular formula is C45H28O. The quantitative estimate of drug-likeness (QED) is 0.201. The first-order chi connectivity index (χ1) is 22.8. The summed E-state index contributed by atoms with van der Waals surface area (Å²) in [4.78, 5) is 0. The number of hydrogen-bond donors (Lipinski definition) is 0. The molecule has 1 aliphatic carbocycles. The number of fused-ring (bicyclic) bond motifs is 6. The molecule has 8 aromatic rings. The van der Waals surface area contributed by atoms with E-state index in [9.17, 15) is 0 Å². The Hall–Kier alpha value is -5.92. The van der Waals surface area contributed by atoms with E-state index >= 15 is 0 Å². The average molecular weight is 585 g/mol. The summed E-state index contributed by atoms with van der Waals surface area (Å²) in [5, 5.41) is 4.90. The van der Waals surface area contributed by atoms with Crippen molar-refractivity contribution in [2.24, 2.45) is 0 Å². The van der Waals surface area contributed by atoms with Crippen molar-refractivity contribution in [3.05, 3.63) is 192 Å². The van der Waals surface area contributed by atoms with Gasteiger partial charge in [-0.25, -0.2) is 0 Å².